The van der Waals surface area contributed by atoms with E-state index >= 15 is 0 Å². The fourth-order valence-corrected chi connectivity index (χ4v) is 10.4. The van der Waals surface area contributed by atoms with Crippen molar-refractivity contribution in [3.63, 3.8) is 0 Å². The first-order chi connectivity index (χ1) is 20.5. The molecule has 0 aromatic heterocycles. The fourth-order valence-electron chi connectivity index (χ4n) is 9.67. The summed E-state index contributed by atoms with van der Waals surface area (Å²) in [7, 11) is 1.71. The first-order valence-electron chi connectivity index (χ1n) is 17.5. The van der Waals surface area contributed by atoms with Crippen molar-refractivity contribution in [3.05, 3.63) is 11.6 Å². The molecule has 0 radical (unpaired) electrons. The monoisotopic (exact) mass is 657 g/mol. The summed E-state index contributed by atoms with van der Waals surface area (Å²) in [5.41, 5.74) is 2.14. The number of fused-ring (bicyclic) bond motifs is 5. The number of nitrogens with zero attached hydrogens (tertiary/aromatic N) is 1. The van der Waals surface area contributed by atoms with Gasteiger partial charge in [-0.3, -0.25) is 9.05 Å². The van der Waals surface area contributed by atoms with Gasteiger partial charge in [0.25, 0.3) is 0 Å². The number of phosphoric ester groups is 1. The second kappa shape index (κ2) is 15.5. The summed E-state index contributed by atoms with van der Waals surface area (Å²) in [5, 5.41) is 0. The highest BCUT2D eigenvalue weighted by atomic mass is 31.2. The van der Waals surface area contributed by atoms with Crippen LogP contribution in [0.2, 0.25) is 0 Å². The highest BCUT2D eigenvalue weighted by molar-refractivity contribution is 7.47. The second-order valence-corrected chi connectivity index (χ2v) is 18.0. The van der Waals surface area contributed by atoms with Crippen LogP contribution in [-0.2, 0) is 23.1 Å². The summed E-state index contributed by atoms with van der Waals surface area (Å²) in [6.07, 6.45) is 15.0. The van der Waals surface area contributed by atoms with Crippen molar-refractivity contribution >= 4 is 14.0 Å². The molecule has 9 nitrogen and oxygen atoms in total. The molecule has 0 spiro atoms. The smallest absolute Gasteiger partial charge is 0.508 e. The van der Waals surface area contributed by atoms with Crippen molar-refractivity contribution in [1.82, 2.24) is 0 Å². The maximum atomic E-state index is 12.4. The van der Waals surface area contributed by atoms with Crippen molar-refractivity contribution in [2.45, 2.75) is 111 Å². The molecule has 262 valence electrons. The average molecular weight is 658 g/mol. The third-order valence-corrected chi connectivity index (χ3v) is 13.1. The number of rotatable bonds is 14. The van der Waals surface area contributed by atoms with Gasteiger partial charge in [0.05, 0.1) is 27.7 Å². The van der Waals surface area contributed by atoms with E-state index < -0.39 is 14.0 Å². The number of quaternary nitrogens is 1. The third kappa shape index (κ3) is 9.57. The number of ether oxygens (including phenoxy) is 2. The van der Waals surface area contributed by atoms with Gasteiger partial charge >= 0.3 is 14.0 Å². The maximum absolute atomic E-state index is 12.4. The van der Waals surface area contributed by atoms with Gasteiger partial charge in [-0.05, 0) is 91.3 Å². The molecule has 45 heavy (non-hydrogen) atoms. The maximum Gasteiger partial charge on any atom is 0.508 e. The van der Waals surface area contributed by atoms with Crippen LogP contribution in [0.25, 0.3) is 0 Å². The van der Waals surface area contributed by atoms with Gasteiger partial charge in [-0.1, -0.05) is 65.5 Å². The van der Waals surface area contributed by atoms with Gasteiger partial charge in [-0.2, -0.15) is 0 Å². The molecular weight excluding hydrogens is 593 g/mol. The van der Waals surface area contributed by atoms with E-state index in [0.717, 1.165) is 61.2 Å². The molecule has 3 fully saturated rings. The molecule has 10 heteroatoms. The van der Waals surface area contributed by atoms with Crippen molar-refractivity contribution in [3.8, 4) is 0 Å². The van der Waals surface area contributed by atoms with E-state index in [1.165, 1.54) is 50.5 Å². The standard InChI is InChI=1S/C35H62NO7P.H2O/c1-25(2)10-9-11-26(3)30-14-15-31-29-13-12-27-24-28(16-18-34(27,4)32(29)17-19-35(30,31)5)43-33(37)40-22-23-42-44(38,39)41-21-20-36(6,7)8;/h12,25-26,28-32H,9-11,13-24H2,1-8H3;1H2/t26-,28+,29?,30-,31?,32?,34+,35-;/m1./s1. The van der Waals surface area contributed by atoms with Crippen LogP contribution in [0.15, 0.2) is 11.6 Å². The molecule has 4 aliphatic carbocycles. The third-order valence-electron chi connectivity index (χ3n) is 12.1. The Balaban J connectivity index is 0.00000552. The zero-order chi connectivity index (χ0) is 32.3. The quantitative estimate of drug-likeness (QED) is 0.0652. The van der Waals surface area contributed by atoms with Gasteiger partial charge in [-0.25, -0.2) is 9.36 Å². The lowest BCUT2D eigenvalue weighted by Crippen LogP contribution is -2.51. The predicted octanol–water partition coefficient (Wildman–Crippen LogP) is 8.21. The predicted molar refractivity (Wildman–Crippen MR) is 176 cm³/mol. The number of phosphoric acid groups is 1. The number of hydrogen-bond acceptors (Lipinski definition) is 7. The number of carbonyl (C=O) groups excluding carboxylic acids is 1. The SMILES string of the molecule is CC(C)CCC[C@@H](C)[C@H]1CCC2C3CC=C4C[C@@H](OC(=O)OCCOP(=O)(O)OCC[N+](C)(C)C)CC[C@]4(C)C3CC[C@@]21C.[OH-]. The largest absolute Gasteiger partial charge is 0.870 e. The first kappa shape index (κ1) is 38.5. The van der Waals surface area contributed by atoms with E-state index in [1.807, 2.05) is 21.1 Å². The molecule has 4 rings (SSSR count). The number of hydrogen-bond donors (Lipinski definition) is 1. The van der Waals surface area contributed by atoms with Crippen LogP contribution in [-0.4, -0.2) is 74.6 Å². The van der Waals surface area contributed by atoms with Gasteiger partial charge in [0.15, 0.2) is 0 Å². The Labute approximate surface area is 273 Å². The van der Waals surface area contributed by atoms with Crippen molar-refractivity contribution in [1.29, 1.82) is 0 Å². The van der Waals surface area contributed by atoms with E-state index in [2.05, 4.69) is 40.7 Å². The van der Waals surface area contributed by atoms with E-state index in [4.69, 9.17) is 18.5 Å². The lowest BCUT2D eigenvalue weighted by atomic mass is 9.47. The zero-order valence-electron chi connectivity index (χ0n) is 29.5. The average Bonchev–Trinajstić information content (AvgIpc) is 3.27. The van der Waals surface area contributed by atoms with Gasteiger partial charge < -0.3 is 24.3 Å². The molecular formula is C35H64NO8P. The Kier molecular flexibility index (Phi) is 13.3. The molecule has 0 amide bonds. The van der Waals surface area contributed by atoms with E-state index in [1.54, 1.807) is 0 Å². The van der Waals surface area contributed by atoms with Gasteiger partial charge in [0.2, 0.25) is 0 Å². The fraction of sp³-hybridized carbons (Fsp3) is 0.914. The lowest BCUT2D eigenvalue weighted by Gasteiger charge is -2.58. The van der Waals surface area contributed by atoms with Crippen molar-refractivity contribution < 1.29 is 42.7 Å². The Morgan fingerprint density at radius 3 is 2.40 bits per heavy atom. The Hall–Kier alpha value is -0.960. The Morgan fingerprint density at radius 2 is 1.71 bits per heavy atom. The van der Waals surface area contributed by atoms with Crippen LogP contribution in [0.3, 0.4) is 0 Å². The van der Waals surface area contributed by atoms with Crippen LogP contribution >= 0.6 is 7.82 Å². The Bertz CT molecular complexity index is 1060. The second-order valence-electron chi connectivity index (χ2n) is 16.5. The van der Waals surface area contributed by atoms with Crippen molar-refractivity contribution in [2.24, 2.45) is 46.3 Å². The minimum absolute atomic E-state index is 0. The van der Waals surface area contributed by atoms with Crippen LogP contribution in [0, 0.1) is 46.3 Å². The van der Waals surface area contributed by atoms with Crippen LogP contribution in [0.4, 0.5) is 4.79 Å². The summed E-state index contributed by atoms with van der Waals surface area (Å²) in [4.78, 5) is 22.3. The minimum Gasteiger partial charge on any atom is -0.870 e. The van der Waals surface area contributed by atoms with Crippen LogP contribution < -0.4 is 0 Å². The molecule has 0 heterocycles. The zero-order valence-corrected chi connectivity index (χ0v) is 30.4. The molecule has 0 aliphatic heterocycles. The van der Waals surface area contributed by atoms with Gasteiger partial charge in [-0.15, -0.1) is 0 Å². The summed E-state index contributed by atoms with van der Waals surface area (Å²) < 4.78 is 33.4. The van der Waals surface area contributed by atoms with Crippen LogP contribution in [0.1, 0.15) is 105 Å². The summed E-state index contributed by atoms with van der Waals surface area (Å²) >= 11 is 0. The number of allylic oxidation sites excluding steroid dienone is 1. The Morgan fingerprint density at radius 1 is 1.00 bits per heavy atom. The van der Waals surface area contributed by atoms with E-state index in [9.17, 15) is 14.3 Å². The first-order valence-corrected chi connectivity index (χ1v) is 19.0. The highest BCUT2D eigenvalue weighted by Crippen LogP contribution is 2.67. The summed E-state index contributed by atoms with van der Waals surface area (Å²) in [5.74, 6) is 4.82. The molecule has 0 aromatic rings. The summed E-state index contributed by atoms with van der Waals surface area (Å²) in [6, 6.07) is 0. The normalized spacial score (nSPS) is 34.8. The van der Waals surface area contributed by atoms with Gasteiger partial charge in [0.1, 0.15) is 25.9 Å². The molecule has 0 bridgehead atoms. The van der Waals surface area contributed by atoms with Crippen molar-refractivity contribution in [2.75, 3.05) is 47.5 Å². The van der Waals surface area contributed by atoms with Gasteiger partial charge in [0, 0.05) is 6.42 Å². The minimum atomic E-state index is -4.19. The molecule has 2 N–H and O–H groups in total. The van der Waals surface area contributed by atoms with Crippen LogP contribution in [0.5, 0.6) is 0 Å². The molecule has 4 unspecified atom stereocenters. The molecule has 3 saturated carbocycles. The summed E-state index contributed by atoms with van der Waals surface area (Å²) in [6.45, 7) is 12.6. The molecule has 9 atom stereocenters. The van der Waals surface area contributed by atoms with E-state index in [0.29, 0.717) is 16.4 Å². The van der Waals surface area contributed by atoms with E-state index in [-0.39, 0.29) is 36.8 Å². The highest BCUT2D eigenvalue weighted by Gasteiger charge is 2.59. The number of carbonyl (C=O) groups is 1. The molecule has 0 saturated heterocycles. The lowest BCUT2D eigenvalue weighted by molar-refractivity contribution is -0.870. The number of likely N-dealkylation sites (N-methyl/N-ethyl adjacent to an activating group) is 1. The molecule has 4 aliphatic rings. The topological polar surface area (TPSA) is 121 Å². The molecule has 0 aromatic carbocycles.